The number of nitrogens with zero attached hydrogens (tertiary/aromatic N) is 6. The van der Waals surface area contributed by atoms with Gasteiger partial charge in [0.15, 0.2) is 5.82 Å². The first-order chi connectivity index (χ1) is 12.1. The minimum Gasteiger partial charge on any atom is -0.291 e. The first-order valence-electron chi connectivity index (χ1n) is 8.29. The van der Waals surface area contributed by atoms with E-state index >= 15 is 0 Å². The Labute approximate surface area is 145 Å². The third-order valence-corrected chi connectivity index (χ3v) is 4.55. The number of pyridine rings is 1. The zero-order valence-corrected chi connectivity index (χ0v) is 14.3. The number of rotatable bonds is 3. The van der Waals surface area contributed by atoms with Crippen molar-refractivity contribution in [2.45, 2.75) is 33.5 Å². The van der Waals surface area contributed by atoms with Crippen LogP contribution in [0.15, 0.2) is 30.7 Å². The predicted molar refractivity (Wildman–Crippen MR) is 91.0 cm³/mol. The Kier molecular flexibility index (Phi) is 4.01. The van der Waals surface area contributed by atoms with Gasteiger partial charge in [-0.15, -0.1) is 0 Å². The molecule has 1 aliphatic rings. The summed E-state index contributed by atoms with van der Waals surface area (Å²) in [5.74, 6) is 0.438. The molecule has 6 nitrogen and oxygen atoms in total. The molecule has 0 atom stereocenters. The van der Waals surface area contributed by atoms with Crippen molar-refractivity contribution < 1.29 is 4.39 Å². The van der Waals surface area contributed by atoms with Gasteiger partial charge in [0.25, 0.3) is 0 Å². The van der Waals surface area contributed by atoms with E-state index in [1.54, 1.807) is 12.3 Å². The first-order valence-corrected chi connectivity index (χ1v) is 8.29. The van der Waals surface area contributed by atoms with Crippen molar-refractivity contribution in [2.24, 2.45) is 0 Å². The minimum atomic E-state index is -0.338. The second kappa shape index (κ2) is 6.33. The summed E-state index contributed by atoms with van der Waals surface area (Å²) in [5.41, 5.74) is 4.14. The Morgan fingerprint density at radius 2 is 1.88 bits per heavy atom. The lowest BCUT2D eigenvalue weighted by molar-refractivity contribution is 0.204. The van der Waals surface area contributed by atoms with E-state index in [1.165, 1.54) is 6.07 Å². The second-order valence-corrected chi connectivity index (χ2v) is 6.33. The van der Waals surface area contributed by atoms with Gasteiger partial charge in [0.2, 0.25) is 0 Å². The van der Waals surface area contributed by atoms with Crippen molar-refractivity contribution in [1.82, 2.24) is 29.6 Å². The van der Waals surface area contributed by atoms with Gasteiger partial charge in [-0.05, 0) is 26.0 Å². The van der Waals surface area contributed by atoms with Crippen LogP contribution in [0.4, 0.5) is 4.39 Å². The van der Waals surface area contributed by atoms with E-state index in [4.69, 9.17) is 0 Å². The van der Waals surface area contributed by atoms with Crippen molar-refractivity contribution in [3.63, 3.8) is 0 Å². The third kappa shape index (κ3) is 3.02. The molecule has 0 bridgehead atoms. The molecule has 1 aliphatic heterocycles. The lowest BCUT2D eigenvalue weighted by Gasteiger charge is -2.27. The maximum atomic E-state index is 14.1. The topological polar surface area (TPSA) is 59.7 Å². The molecule has 0 saturated carbocycles. The molecular weight excluding hydrogens is 319 g/mol. The quantitative estimate of drug-likeness (QED) is 0.734. The van der Waals surface area contributed by atoms with Crippen LogP contribution in [-0.2, 0) is 19.6 Å². The zero-order valence-electron chi connectivity index (χ0n) is 14.3. The van der Waals surface area contributed by atoms with Crippen molar-refractivity contribution in [3.8, 4) is 11.4 Å². The molecule has 3 aromatic heterocycles. The zero-order chi connectivity index (χ0) is 17.4. The van der Waals surface area contributed by atoms with E-state index in [0.29, 0.717) is 11.4 Å². The van der Waals surface area contributed by atoms with Crippen LogP contribution in [-0.4, -0.2) is 36.2 Å². The highest BCUT2D eigenvalue weighted by molar-refractivity contribution is 5.60. The molecule has 0 aromatic carbocycles. The second-order valence-electron chi connectivity index (χ2n) is 6.33. The molecule has 0 N–H and O–H groups in total. The molecule has 7 heteroatoms. The molecule has 3 aromatic rings. The average Bonchev–Trinajstić information content (AvgIpc) is 2.94. The van der Waals surface area contributed by atoms with Gasteiger partial charge in [-0.3, -0.25) is 14.6 Å². The van der Waals surface area contributed by atoms with Crippen molar-refractivity contribution in [2.75, 3.05) is 6.54 Å². The predicted octanol–water partition coefficient (Wildman–Crippen LogP) is 2.51. The maximum Gasteiger partial charge on any atom is 0.151 e. The van der Waals surface area contributed by atoms with Gasteiger partial charge in [0.1, 0.15) is 17.2 Å². The number of hydrogen-bond donors (Lipinski definition) is 0. The summed E-state index contributed by atoms with van der Waals surface area (Å²) in [7, 11) is 0. The van der Waals surface area contributed by atoms with Crippen LogP contribution in [0.1, 0.15) is 22.6 Å². The molecule has 0 fully saturated rings. The summed E-state index contributed by atoms with van der Waals surface area (Å²) < 4.78 is 16.1. The highest BCUT2D eigenvalue weighted by Crippen LogP contribution is 2.28. The number of aromatic nitrogens is 5. The summed E-state index contributed by atoms with van der Waals surface area (Å²) in [6.45, 7) is 7.08. The van der Waals surface area contributed by atoms with Gasteiger partial charge in [-0.25, -0.2) is 14.4 Å². The molecule has 128 valence electrons. The van der Waals surface area contributed by atoms with Crippen molar-refractivity contribution >= 4 is 0 Å². The van der Waals surface area contributed by atoms with Gasteiger partial charge in [0.05, 0.1) is 12.2 Å². The summed E-state index contributed by atoms with van der Waals surface area (Å²) in [4.78, 5) is 15.0. The normalized spacial score (nSPS) is 14.5. The standard InChI is InChI=1S/C18H19FN6/c1-12-16-11-24(10-14-8-21-13(2)22-9-14)6-7-25(16)23-17(12)18-15(19)4-3-5-20-18/h3-5,8-9H,6-7,10-11H2,1-2H3. The van der Waals surface area contributed by atoms with Crippen LogP contribution in [0, 0.1) is 19.7 Å². The fourth-order valence-corrected chi connectivity index (χ4v) is 3.18. The highest BCUT2D eigenvalue weighted by atomic mass is 19.1. The summed E-state index contributed by atoms with van der Waals surface area (Å²) in [6, 6.07) is 3.01. The summed E-state index contributed by atoms with van der Waals surface area (Å²) in [5, 5.41) is 4.60. The fourth-order valence-electron chi connectivity index (χ4n) is 3.18. The average molecular weight is 338 g/mol. The Morgan fingerprint density at radius 1 is 1.08 bits per heavy atom. The van der Waals surface area contributed by atoms with Crippen LogP contribution in [0.25, 0.3) is 11.4 Å². The number of hydrogen-bond acceptors (Lipinski definition) is 5. The first kappa shape index (κ1) is 15.8. The molecule has 4 heterocycles. The van der Waals surface area contributed by atoms with E-state index in [-0.39, 0.29) is 5.82 Å². The van der Waals surface area contributed by atoms with Crippen molar-refractivity contribution in [1.29, 1.82) is 0 Å². The monoisotopic (exact) mass is 338 g/mol. The number of aryl methyl sites for hydroxylation is 1. The third-order valence-electron chi connectivity index (χ3n) is 4.55. The van der Waals surface area contributed by atoms with Crippen LogP contribution in [0.3, 0.4) is 0 Å². The fraction of sp³-hybridized carbons (Fsp3) is 0.333. The van der Waals surface area contributed by atoms with E-state index < -0.39 is 0 Å². The lowest BCUT2D eigenvalue weighted by atomic mass is 10.1. The van der Waals surface area contributed by atoms with Crippen LogP contribution < -0.4 is 0 Å². The maximum absolute atomic E-state index is 14.1. The molecule has 0 amide bonds. The van der Waals surface area contributed by atoms with Gasteiger partial charge >= 0.3 is 0 Å². The molecule has 4 rings (SSSR count). The molecule has 0 unspecified atom stereocenters. The van der Waals surface area contributed by atoms with Gasteiger partial charge in [0, 0.05) is 49.4 Å². The Morgan fingerprint density at radius 3 is 2.64 bits per heavy atom. The lowest BCUT2D eigenvalue weighted by Crippen LogP contribution is -2.33. The van der Waals surface area contributed by atoms with E-state index in [9.17, 15) is 4.39 Å². The van der Waals surface area contributed by atoms with Gasteiger partial charge in [-0.2, -0.15) is 5.10 Å². The number of fused-ring (bicyclic) bond motifs is 1. The Bertz CT molecular complexity index is 902. The van der Waals surface area contributed by atoms with Gasteiger partial charge < -0.3 is 0 Å². The molecule has 0 saturated heterocycles. The largest absolute Gasteiger partial charge is 0.291 e. The molecule has 25 heavy (non-hydrogen) atoms. The summed E-state index contributed by atoms with van der Waals surface area (Å²) in [6.07, 6.45) is 5.34. The van der Waals surface area contributed by atoms with Crippen molar-refractivity contribution in [3.05, 3.63) is 59.2 Å². The molecule has 0 radical (unpaired) electrons. The summed E-state index contributed by atoms with van der Waals surface area (Å²) >= 11 is 0. The van der Waals surface area contributed by atoms with Crippen LogP contribution in [0.2, 0.25) is 0 Å². The molecular formula is C18H19FN6. The Balaban J connectivity index is 1.59. The van der Waals surface area contributed by atoms with Crippen LogP contribution >= 0.6 is 0 Å². The highest BCUT2D eigenvalue weighted by Gasteiger charge is 2.24. The van der Waals surface area contributed by atoms with E-state index in [0.717, 1.165) is 48.8 Å². The SMILES string of the molecule is Cc1ncc(CN2CCn3nc(-c4ncccc4F)c(C)c3C2)cn1. The minimum absolute atomic E-state index is 0.320. The molecule has 0 spiro atoms. The van der Waals surface area contributed by atoms with E-state index in [2.05, 4.69) is 25.0 Å². The molecule has 0 aliphatic carbocycles. The van der Waals surface area contributed by atoms with Gasteiger partial charge in [-0.1, -0.05) is 0 Å². The smallest absolute Gasteiger partial charge is 0.151 e. The van der Waals surface area contributed by atoms with Crippen LogP contribution in [0.5, 0.6) is 0 Å². The Hall–Kier alpha value is -2.67. The number of halogens is 1. The van der Waals surface area contributed by atoms with E-state index in [1.807, 2.05) is 30.9 Å².